The first-order valence-corrected chi connectivity index (χ1v) is 7.04. The maximum absolute atomic E-state index is 5.70. The van der Waals surface area contributed by atoms with Gasteiger partial charge in [0.2, 0.25) is 0 Å². The van der Waals surface area contributed by atoms with Crippen molar-refractivity contribution in [3.05, 3.63) is 28.0 Å². The van der Waals surface area contributed by atoms with E-state index < -0.39 is 0 Å². The molecule has 2 aromatic rings. The Kier molecular flexibility index (Phi) is 4.52. The van der Waals surface area contributed by atoms with Gasteiger partial charge in [0, 0.05) is 24.0 Å². The number of nitrogens with zero attached hydrogens (tertiary/aromatic N) is 3. The Hall–Kier alpha value is -1.44. The van der Waals surface area contributed by atoms with Gasteiger partial charge in [0.1, 0.15) is 0 Å². The Morgan fingerprint density at radius 1 is 1.58 bits per heavy atom. The van der Waals surface area contributed by atoms with Gasteiger partial charge < -0.3 is 4.74 Å². The number of hydrogen-bond donors (Lipinski definition) is 2. The summed E-state index contributed by atoms with van der Waals surface area (Å²) in [6.07, 6.45) is 2.44. The molecule has 0 saturated heterocycles. The van der Waals surface area contributed by atoms with Gasteiger partial charge in [-0.1, -0.05) is 0 Å². The van der Waals surface area contributed by atoms with Crippen LogP contribution in [0.25, 0.3) is 0 Å². The van der Waals surface area contributed by atoms with E-state index >= 15 is 0 Å². The minimum Gasteiger partial charge on any atom is -0.493 e. The number of aromatic nitrogens is 3. The van der Waals surface area contributed by atoms with E-state index in [-0.39, 0.29) is 6.04 Å². The summed E-state index contributed by atoms with van der Waals surface area (Å²) in [5.74, 6) is 6.44. The lowest BCUT2D eigenvalue weighted by Gasteiger charge is -2.17. The van der Waals surface area contributed by atoms with Crippen LogP contribution >= 0.6 is 11.3 Å². The molecule has 0 aliphatic carbocycles. The molecule has 0 aliphatic heterocycles. The maximum atomic E-state index is 5.70. The van der Waals surface area contributed by atoms with Crippen LogP contribution < -0.4 is 16.0 Å². The van der Waals surface area contributed by atoms with Crippen LogP contribution in [-0.4, -0.2) is 21.9 Å². The van der Waals surface area contributed by atoms with Crippen molar-refractivity contribution in [3.8, 4) is 5.75 Å². The number of ether oxygens (including phenoxy) is 1. The van der Waals surface area contributed by atoms with E-state index in [0.717, 1.165) is 35.1 Å². The second-order valence-electron chi connectivity index (χ2n) is 4.22. The third-order valence-corrected chi connectivity index (χ3v) is 3.93. The van der Waals surface area contributed by atoms with Gasteiger partial charge in [0.15, 0.2) is 5.75 Å². The number of aryl methyl sites for hydroxylation is 2. The number of thiazole rings is 1. The summed E-state index contributed by atoms with van der Waals surface area (Å²) < 4.78 is 7.25. The lowest BCUT2D eigenvalue weighted by molar-refractivity contribution is 0.391. The predicted octanol–water partition coefficient (Wildman–Crippen LogP) is 1.42. The van der Waals surface area contributed by atoms with Crippen LogP contribution in [0.2, 0.25) is 0 Å². The Morgan fingerprint density at radius 2 is 2.37 bits per heavy atom. The molecule has 0 radical (unpaired) electrons. The summed E-state index contributed by atoms with van der Waals surface area (Å²) in [5.41, 5.74) is 4.83. The quantitative estimate of drug-likeness (QED) is 0.618. The molecule has 0 fully saturated rings. The van der Waals surface area contributed by atoms with E-state index in [2.05, 4.69) is 15.5 Å². The monoisotopic (exact) mass is 281 g/mol. The molecule has 1 atom stereocenters. The van der Waals surface area contributed by atoms with E-state index in [1.165, 1.54) is 0 Å². The van der Waals surface area contributed by atoms with E-state index in [4.69, 9.17) is 10.6 Å². The Labute approximate surface area is 116 Å². The zero-order valence-electron chi connectivity index (χ0n) is 11.4. The number of hydrogen-bond acceptors (Lipinski definition) is 6. The van der Waals surface area contributed by atoms with E-state index in [1.807, 2.05) is 23.9 Å². The smallest absolute Gasteiger partial charge is 0.161 e. The van der Waals surface area contributed by atoms with Crippen molar-refractivity contribution >= 4 is 11.3 Å². The molecule has 0 bridgehead atoms. The van der Waals surface area contributed by atoms with Crippen LogP contribution in [0.4, 0.5) is 0 Å². The highest BCUT2D eigenvalue weighted by atomic mass is 32.1. The fourth-order valence-corrected chi connectivity index (χ4v) is 2.86. The van der Waals surface area contributed by atoms with Crippen LogP contribution in [0.5, 0.6) is 5.75 Å². The molecule has 1 unspecified atom stereocenters. The highest BCUT2D eigenvalue weighted by molar-refractivity contribution is 7.09. The van der Waals surface area contributed by atoms with Gasteiger partial charge in [0.25, 0.3) is 0 Å². The molecule has 3 N–H and O–H groups in total. The molecule has 0 aliphatic rings. The second kappa shape index (κ2) is 6.14. The van der Waals surface area contributed by atoms with Crippen LogP contribution in [0.3, 0.4) is 0 Å². The van der Waals surface area contributed by atoms with Gasteiger partial charge in [-0.05, 0) is 13.8 Å². The number of rotatable bonds is 6. The van der Waals surface area contributed by atoms with Crippen LogP contribution in [-0.2, 0) is 13.0 Å². The van der Waals surface area contributed by atoms with Gasteiger partial charge in [-0.15, -0.1) is 11.3 Å². The number of nitrogens with one attached hydrogen (secondary N) is 1. The first-order chi connectivity index (χ1) is 9.19. The molecule has 6 nitrogen and oxygen atoms in total. The largest absolute Gasteiger partial charge is 0.493 e. The van der Waals surface area contributed by atoms with Crippen LogP contribution in [0, 0.1) is 6.92 Å². The predicted molar refractivity (Wildman–Crippen MR) is 75.1 cm³/mol. The lowest BCUT2D eigenvalue weighted by atomic mass is 10.1. The topological polar surface area (TPSA) is 78.0 Å². The van der Waals surface area contributed by atoms with Crippen molar-refractivity contribution in [1.29, 1.82) is 0 Å². The summed E-state index contributed by atoms with van der Waals surface area (Å²) in [6.45, 7) is 4.80. The Bertz CT molecular complexity index is 514. The zero-order chi connectivity index (χ0) is 13.8. The number of methoxy groups -OCH3 is 1. The molecule has 2 aromatic heterocycles. The minimum atomic E-state index is -0.0667. The van der Waals surface area contributed by atoms with E-state index in [1.54, 1.807) is 24.6 Å². The fourth-order valence-electron chi connectivity index (χ4n) is 2.04. The SMILES string of the molecule is CCn1ncc(OC)c1C(Cc1nc(C)cs1)NN. The van der Waals surface area contributed by atoms with Gasteiger partial charge in [-0.3, -0.25) is 16.0 Å². The highest BCUT2D eigenvalue weighted by Gasteiger charge is 2.22. The van der Waals surface area contributed by atoms with Gasteiger partial charge in [-0.25, -0.2) is 4.98 Å². The Balaban J connectivity index is 2.28. The molecule has 104 valence electrons. The average Bonchev–Trinajstić information content (AvgIpc) is 3.01. The first kappa shape index (κ1) is 14.0. The van der Waals surface area contributed by atoms with Gasteiger partial charge in [-0.2, -0.15) is 5.10 Å². The van der Waals surface area contributed by atoms with E-state index in [9.17, 15) is 0 Å². The number of nitrogens with two attached hydrogens (primary N) is 1. The van der Waals surface area contributed by atoms with Crippen molar-refractivity contribution in [2.75, 3.05) is 7.11 Å². The molecule has 0 spiro atoms. The molecule has 0 saturated carbocycles. The van der Waals surface area contributed by atoms with Crippen molar-refractivity contribution in [3.63, 3.8) is 0 Å². The van der Waals surface area contributed by atoms with Gasteiger partial charge >= 0.3 is 0 Å². The standard InChI is InChI=1S/C12H19N5OS/c1-4-17-12(10(18-3)6-14-17)9(16-13)5-11-15-8(2)7-19-11/h6-7,9,16H,4-5,13H2,1-3H3. The third-order valence-electron chi connectivity index (χ3n) is 2.94. The van der Waals surface area contributed by atoms with Gasteiger partial charge in [0.05, 0.1) is 30.1 Å². The normalized spacial score (nSPS) is 12.6. The average molecular weight is 281 g/mol. The summed E-state index contributed by atoms with van der Waals surface area (Å²) in [5, 5.41) is 7.39. The van der Waals surface area contributed by atoms with Crippen molar-refractivity contribution in [1.82, 2.24) is 20.2 Å². The van der Waals surface area contributed by atoms with Crippen molar-refractivity contribution in [2.45, 2.75) is 32.9 Å². The first-order valence-electron chi connectivity index (χ1n) is 6.16. The lowest BCUT2D eigenvalue weighted by Crippen LogP contribution is -2.31. The zero-order valence-corrected chi connectivity index (χ0v) is 12.2. The molecule has 0 aromatic carbocycles. The molecular formula is C12H19N5OS. The van der Waals surface area contributed by atoms with Crippen LogP contribution in [0.1, 0.15) is 29.4 Å². The fraction of sp³-hybridized carbons (Fsp3) is 0.500. The number of hydrazine groups is 1. The van der Waals surface area contributed by atoms with Crippen molar-refractivity contribution < 1.29 is 4.74 Å². The molecule has 7 heteroatoms. The summed E-state index contributed by atoms with van der Waals surface area (Å²) >= 11 is 1.64. The van der Waals surface area contributed by atoms with E-state index in [0.29, 0.717) is 0 Å². The molecular weight excluding hydrogens is 262 g/mol. The minimum absolute atomic E-state index is 0.0667. The molecule has 0 amide bonds. The van der Waals surface area contributed by atoms with Crippen LogP contribution in [0.15, 0.2) is 11.6 Å². The summed E-state index contributed by atoms with van der Waals surface area (Å²) in [4.78, 5) is 4.47. The highest BCUT2D eigenvalue weighted by Crippen LogP contribution is 2.27. The molecule has 2 rings (SSSR count). The van der Waals surface area contributed by atoms with Crippen molar-refractivity contribution in [2.24, 2.45) is 5.84 Å². The summed E-state index contributed by atoms with van der Waals surface area (Å²) in [7, 11) is 1.64. The third kappa shape index (κ3) is 2.94. The molecule has 19 heavy (non-hydrogen) atoms. The second-order valence-corrected chi connectivity index (χ2v) is 5.16. The maximum Gasteiger partial charge on any atom is 0.161 e. The summed E-state index contributed by atoms with van der Waals surface area (Å²) in [6, 6.07) is -0.0667. The Morgan fingerprint density at radius 3 is 2.89 bits per heavy atom. The molecule has 2 heterocycles.